The maximum atomic E-state index is 11.4. The van der Waals surface area contributed by atoms with Crippen LogP contribution in [0.2, 0.25) is 0 Å². The van der Waals surface area contributed by atoms with Gasteiger partial charge in [-0.05, 0) is 19.9 Å². The Morgan fingerprint density at radius 2 is 2.50 bits per heavy atom. The van der Waals surface area contributed by atoms with Gasteiger partial charge in [0.15, 0.2) is 5.65 Å². The van der Waals surface area contributed by atoms with Gasteiger partial charge in [0.2, 0.25) is 0 Å². The largest absolute Gasteiger partial charge is 0.352 e. The van der Waals surface area contributed by atoms with Crippen molar-refractivity contribution in [1.29, 1.82) is 0 Å². The normalized spacial score (nSPS) is 19.5. The highest BCUT2D eigenvalue weighted by Crippen LogP contribution is 2.17. The van der Waals surface area contributed by atoms with Crippen molar-refractivity contribution in [1.82, 2.24) is 24.9 Å². The molecule has 1 aliphatic heterocycles. The summed E-state index contributed by atoms with van der Waals surface area (Å²) in [4.78, 5) is 18.0. The Labute approximate surface area is 104 Å². The Kier molecular flexibility index (Phi) is 2.75. The van der Waals surface area contributed by atoms with E-state index in [1.165, 1.54) is 10.7 Å². The van der Waals surface area contributed by atoms with E-state index in [0.29, 0.717) is 11.7 Å². The third kappa shape index (κ3) is 1.76. The van der Waals surface area contributed by atoms with Crippen molar-refractivity contribution in [2.24, 2.45) is 0 Å². The van der Waals surface area contributed by atoms with Gasteiger partial charge in [0.1, 0.15) is 12.1 Å². The lowest BCUT2D eigenvalue weighted by atomic mass is 10.2. The van der Waals surface area contributed by atoms with Gasteiger partial charge in [0.25, 0.3) is 0 Å². The van der Waals surface area contributed by atoms with Crippen LogP contribution in [0.1, 0.15) is 13.3 Å². The van der Waals surface area contributed by atoms with Gasteiger partial charge in [-0.1, -0.05) is 0 Å². The monoisotopic (exact) mass is 248 g/mol. The highest BCUT2D eigenvalue weighted by molar-refractivity contribution is 5.50. The molecule has 96 valence electrons. The fourth-order valence-electron chi connectivity index (χ4n) is 2.47. The molecule has 7 heteroatoms. The molecule has 0 bridgehead atoms. The quantitative estimate of drug-likeness (QED) is 0.773. The minimum absolute atomic E-state index is 0.255. The second kappa shape index (κ2) is 4.41. The summed E-state index contributed by atoms with van der Waals surface area (Å²) in [6.07, 6.45) is 2.65. The average Bonchev–Trinajstić information content (AvgIpc) is 3.01. The van der Waals surface area contributed by atoms with E-state index >= 15 is 0 Å². The zero-order valence-electron chi connectivity index (χ0n) is 10.3. The molecule has 1 saturated heterocycles. The van der Waals surface area contributed by atoms with Crippen molar-refractivity contribution < 1.29 is 0 Å². The number of nitrogens with one attached hydrogen (secondary N) is 2. The minimum Gasteiger partial charge on any atom is -0.352 e. The van der Waals surface area contributed by atoms with Crippen molar-refractivity contribution in [2.75, 3.05) is 24.5 Å². The number of rotatable bonds is 3. The van der Waals surface area contributed by atoms with Gasteiger partial charge in [-0.3, -0.25) is 0 Å². The average molecular weight is 248 g/mol. The maximum absolute atomic E-state index is 11.4. The minimum atomic E-state index is -0.255. The topological polar surface area (TPSA) is 78.3 Å². The van der Waals surface area contributed by atoms with E-state index in [-0.39, 0.29) is 5.69 Å². The lowest BCUT2D eigenvalue weighted by Gasteiger charge is -2.28. The molecular weight excluding hydrogens is 232 g/mol. The summed E-state index contributed by atoms with van der Waals surface area (Å²) in [5.74, 6) is 0.873. The van der Waals surface area contributed by atoms with E-state index in [0.717, 1.165) is 31.9 Å². The van der Waals surface area contributed by atoms with Crippen LogP contribution in [0.5, 0.6) is 0 Å². The molecule has 0 radical (unpaired) electrons. The van der Waals surface area contributed by atoms with Crippen LogP contribution in [0.25, 0.3) is 5.65 Å². The third-order valence-electron chi connectivity index (χ3n) is 3.41. The molecule has 0 aliphatic carbocycles. The van der Waals surface area contributed by atoms with Crippen LogP contribution in [0, 0.1) is 0 Å². The van der Waals surface area contributed by atoms with Crippen LogP contribution >= 0.6 is 0 Å². The van der Waals surface area contributed by atoms with Gasteiger partial charge in [0, 0.05) is 25.2 Å². The number of aromatic amines is 1. The molecule has 2 N–H and O–H groups in total. The second-order valence-corrected chi connectivity index (χ2v) is 4.44. The Bertz CT molecular complexity index is 597. The van der Waals surface area contributed by atoms with Crippen LogP contribution in [-0.4, -0.2) is 45.3 Å². The van der Waals surface area contributed by atoms with E-state index in [1.54, 1.807) is 0 Å². The lowest BCUT2D eigenvalue weighted by Crippen LogP contribution is -2.37. The summed E-state index contributed by atoms with van der Waals surface area (Å²) in [6, 6.07) is 2.32. The first-order chi connectivity index (χ1) is 8.79. The predicted octanol–water partition coefficient (Wildman–Crippen LogP) is -0.394. The SMILES string of the molecule is CCN(c1cc2n[nH]c(=O)n2cn1)C1CCNC1. The number of nitrogens with zero attached hydrogens (tertiary/aromatic N) is 4. The molecule has 0 aromatic carbocycles. The number of hydrogen-bond acceptors (Lipinski definition) is 5. The Morgan fingerprint density at radius 1 is 1.61 bits per heavy atom. The van der Waals surface area contributed by atoms with Gasteiger partial charge < -0.3 is 10.2 Å². The van der Waals surface area contributed by atoms with Gasteiger partial charge in [-0.15, -0.1) is 0 Å². The number of fused-ring (bicyclic) bond motifs is 1. The molecule has 0 amide bonds. The van der Waals surface area contributed by atoms with Crippen LogP contribution < -0.4 is 15.9 Å². The van der Waals surface area contributed by atoms with Gasteiger partial charge in [-0.2, -0.15) is 5.10 Å². The molecule has 0 saturated carbocycles. The summed E-state index contributed by atoms with van der Waals surface area (Å²) in [5.41, 5.74) is 0.351. The molecule has 18 heavy (non-hydrogen) atoms. The van der Waals surface area contributed by atoms with Crippen molar-refractivity contribution in [3.05, 3.63) is 22.9 Å². The zero-order chi connectivity index (χ0) is 12.5. The molecule has 7 nitrogen and oxygen atoms in total. The Balaban J connectivity index is 1.98. The number of likely N-dealkylation sites (N-methyl/N-ethyl adjacent to an activating group) is 1. The van der Waals surface area contributed by atoms with Crippen molar-refractivity contribution >= 4 is 11.5 Å². The molecular formula is C11H16N6O. The third-order valence-corrected chi connectivity index (χ3v) is 3.41. The molecule has 3 rings (SSSR count). The second-order valence-electron chi connectivity index (χ2n) is 4.44. The predicted molar refractivity (Wildman–Crippen MR) is 67.9 cm³/mol. The van der Waals surface area contributed by atoms with Crippen LogP contribution in [0.4, 0.5) is 5.82 Å². The summed E-state index contributed by atoms with van der Waals surface area (Å²) < 4.78 is 1.41. The summed E-state index contributed by atoms with van der Waals surface area (Å²) in [6.45, 7) is 5.03. The standard InChI is InChI=1S/C11H16N6O/c1-2-16(8-3-4-12-6-8)9-5-10-14-15-11(18)17(10)7-13-9/h5,7-8,12H,2-4,6H2,1H3,(H,15,18). The van der Waals surface area contributed by atoms with E-state index in [1.807, 2.05) is 6.07 Å². The smallest absolute Gasteiger partial charge is 0.348 e. The van der Waals surface area contributed by atoms with E-state index in [9.17, 15) is 4.79 Å². The number of H-pyrrole nitrogens is 1. The first kappa shape index (κ1) is 11.2. The van der Waals surface area contributed by atoms with Gasteiger partial charge >= 0.3 is 5.69 Å². The zero-order valence-corrected chi connectivity index (χ0v) is 10.3. The maximum Gasteiger partial charge on any atom is 0.348 e. The van der Waals surface area contributed by atoms with Crippen LogP contribution in [0.3, 0.4) is 0 Å². The first-order valence-corrected chi connectivity index (χ1v) is 6.19. The summed E-state index contributed by atoms with van der Waals surface area (Å²) in [5, 5.41) is 9.73. The van der Waals surface area contributed by atoms with Crippen molar-refractivity contribution in [3.8, 4) is 0 Å². The van der Waals surface area contributed by atoms with Crippen LogP contribution in [0.15, 0.2) is 17.2 Å². The molecule has 1 aliphatic rings. The Hall–Kier alpha value is -1.89. The van der Waals surface area contributed by atoms with Gasteiger partial charge in [-0.25, -0.2) is 19.3 Å². The van der Waals surface area contributed by atoms with Crippen LogP contribution in [-0.2, 0) is 0 Å². The van der Waals surface area contributed by atoms with E-state index < -0.39 is 0 Å². The summed E-state index contributed by atoms with van der Waals surface area (Å²) in [7, 11) is 0. The molecule has 2 aromatic heterocycles. The van der Waals surface area contributed by atoms with E-state index in [2.05, 4.69) is 32.3 Å². The Morgan fingerprint density at radius 3 is 3.22 bits per heavy atom. The van der Waals surface area contributed by atoms with E-state index in [4.69, 9.17) is 0 Å². The highest BCUT2D eigenvalue weighted by Gasteiger charge is 2.22. The van der Waals surface area contributed by atoms with Gasteiger partial charge in [0.05, 0.1) is 0 Å². The summed E-state index contributed by atoms with van der Waals surface area (Å²) >= 11 is 0. The number of anilines is 1. The lowest BCUT2D eigenvalue weighted by molar-refractivity contribution is 0.639. The number of aromatic nitrogens is 4. The fourth-order valence-corrected chi connectivity index (χ4v) is 2.47. The molecule has 1 atom stereocenters. The molecule has 1 fully saturated rings. The molecule has 1 unspecified atom stereocenters. The fraction of sp³-hybridized carbons (Fsp3) is 0.545. The molecule has 0 spiro atoms. The molecule has 3 heterocycles. The van der Waals surface area contributed by atoms with Crippen molar-refractivity contribution in [3.63, 3.8) is 0 Å². The highest BCUT2D eigenvalue weighted by atomic mass is 16.1. The number of hydrogen-bond donors (Lipinski definition) is 2. The molecule has 2 aromatic rings. The first-order valence-electron chi connectivity index (χ1n) is 6.19. The van der Waals surface area contributed by atoms with Crippen molar-refractivity contribution in [2.45, 2.75) is 19.4 Å².